The number of hydrogen-bond donors (Lipinski definition) is 1. The van der Waals surface area contributed by atoms with Gasteiger partial charge in [0.1, 0.15) is 5.69 Å². The average molecular weight is 475 g/mol. The predicted octanol–water partition coefficient (Wildman–Crippen LogP) is 5.11. The van der Waals surface area contributed by atoms with Crippen molar-refractivity contribution in [2.24, 2.45) is 0 Å². The van der Waals surface area contributed by atoms with Gasteiger partial charge in [0.2, 0.25) is 0 Å². The SMILES string of the molecule is O=C(NCc1cn(-c2cc(Cl)ccn2)nn1)c1cc(-c2cccc3ncccc23)ccc1Cl. The van der Waals surface area contributed by atoms with Crippen molar-refractivity contribution >= 4 is 40.0 Å². The normalized spacial score (nSPS) is 11.0. The fourth-order valence-electron chi connectivity index (χ4n) is 3.50. The largest absolute Gasteiger partial charge is 0.346 e. The van der Waals surface area contributed by atoms with Crippen LogP contribution in [0, 0.1) is 0 Å². The summed E-state index contributed by atoms with van der Waals surface area (Å²) >= 11 is 12.4. The van der Waals surface area contributed by atoms with Gasteiger partial charge in [0.25, 0.3) is 5.91 Å². The Bertz CT molecular complexity index is 1480. The molecule has 162 valence electrons. The Kier molecular flexibility index (Phi) is 5.73. The molecule has 5 aromatic rings. The fraction of sp³-hybridized carbons (Fsp3) is 0.0417. The molecular formula is C24H16Cl2N6O. The molecule has 2 aromatic carbocycles. The summed E-state index contributed by atoms with van der Waals surface area (Å²) < 4.78 is 1.50. The van der Waals surface area contributed by atoms with Gasteiger partial charge in [-0.3, -0.25) is 9.78 Å². The van der Waals surface area contributed by atoms with Crippen molar-refractivity contribution in [2.45, 2.75) is 6.54 Å². The smallest absolute Gasteiger partial charge is 0.253 e. The molecule has 0 saturated heterocycles. The predicted molar refractivity (Wildman–Crippen MR) is 128 cm³/mol. The molecule has 33 heavy (non-hydrogen) atoms. The minimum absolute atomic E-state index is 0.179. The molecule has 3 aromatic heterocycles. The minimum Gasteiger partial charge on any atom is -0.346 e. The zero-order valence-electron chi connectivity index (χ0n) is 17.1. The first-order valence-corrected chi connectivity index (χ1v) is 10.8. The van der Waals surface area contributed by atoms with E-state index >= 15 is 0 Å². The molecule has 5 rings (SSSR count). The van der Waals surface area contributed by atoms with Gasteiger partial charge >= 0.3 is 0 Å². The Balaban J connectivity index is 1.36. The highest BCUT2D eigenvalue weighted by Gasteiger charge is 2.14. The highest BCUT2D eigenvalue weighted by Crippen LogP contribution is 2.30. The van der Waals surface area contributed by atoms with Crippen molar-refractivity contribution < 1.29 is 4.79 Å². The Morgan fingerprint density at radius 1 is 0.970 bits per heavy atom. The lowest BCUT2D eigenvalue weighted by Crippen LogP contribution is -2.23. The molecule has 7 nitrogen and oxygen atoms in total. The van der Waals surface area contributed by atoms with Crippen LogP contribution in [0.2, 0.25) is 10.0 Å². The van der Waals surface area contributed by atoms with Gasteiger partial charge in [-0.05, 0) is 41.5 Å². The third-order valence-electron chi connectivity index (χ3n) is 5.08. The Morgan fingerprint density at radius 2 is 1.88 bits per heavy atom. The summed E-state index contributed by atoms with van der Waals surface area (Å²) in [7, 11) is 0. The van der Waals surface area contributed by atoms with Crippen molar-refractivity contribution in [3.63, 3.8) is 0 Å². The van der Waals surface area contributed by atoms with Crippen LogP contribution in [-0.4, -0.2) is 30.9 Å². The standard InChI is InChI=1S/C24H16Cl2N6O/c25-16-8-10-28-23(12-16)32-14-17(30-31-32)13-29-24(33)20-11-15(6-7-21(20)26)18-3-1-5-22-19(18)4-2-9-27-22/h1-12,14H,13H2,(H,29,33). The van der Waals surface area contributed by atoms with Gasteiger partial charge in [-0.1, -0.05) is 52.7 Å². The molecule has 3 heterocycles. The van der Waals surface area contributed by atoms with E-state index in [4.69, 9.17) is 23.2 Å². The number of benzene rings is 2. The maximum Gasteiger partial charge on any atom is 0.253 e. The summed E-state index contributed by atoms with van der Waals surface area (Å²) in [5.41, 5.74) is 3.68. The summed E-state index contributed by atoms with van der Waals surface area (Å²) in [4.78, 5) is 21.5. The van der Waals surface area contributed by atoms with Crippen LogP contribution >= 0.6 is 23.2 Å². The molecule has 0 aliphatic rings. The average Bonchev–Trinajstić information content (AvgIpc) is 3.32. The first-order valence-electron chi connectivity index (χ1n) is 10.0. The molecule has 0 aliphatic heterocycles. The van der Waals surface area contributed by atoms with Crippen molar-refractivity contribution in [1.82, 2.24) is 30.3 Å². The monoisotopic (exact) mass is 474 g/mol. The van der Waals surface area contributed by atoms with Gasteiger partial charge in [0, 0.05) is 28.9 Å². The number of hydrogen-bond acceptors (Lipinski definition) is 5. The summed E-state index contributed by atoms with van der Waals surface area (Å²) in [5, 5.41) is 12.9. The maximum atomic E-state index is 12.9. The number of nitrogens with one attached hydrogen (secondary N) is 1. The molecular weight excluding hydrogens is 459 g/mol. The molecule has 9 heteroatoms. The number of pyridine rings is 2. The quantitative estimate of drug-likeness (QED) is 0.382. The van der Waals surface area contributed by atoms with Crippen LogP contribution in [0.3, 0.4) is 0 Å². The van der Waals surface area contributed by atoms with E-state index in [9.17, 15) is 4.79 Å². The second-order valence-corrected chi connectivity index (χ2v) is 8.08. The topological polar surface area (TPSA) is 85.6 Å². The number of rotatable bonds is 5. The van der Waals surface area contributed by atoms with E-state index in [1.807, 2.05) is 36.4 Å². The van der Waals surface area contributed by atoms with E-state index in [1.165, 1.54) is 4.68 Å². The van der Waals surface area contributed by atoms with Crippen LogP contribution in [0.5, 0.6) is 0 Å². The van der Waals surface area contributed by atoms with Crippen molar-refractivity contribution in [3.8, 4) is 16.9 Å². The van der Waals surface area contributed by atoms with Crippen molar-refractivity contribution in [2.75, 3.05) is 0 Å². The molecule has 0 fully saturated rings. The number of fused-ring (bicyclic) bond motifs is 1. The van der Waals surface area contributed by atoms with E-state index < -0.39 is 0 Å². The lowest BCUT2D eigenvalue weighted by Gasteiger charge is -2.10. The Morgan fingerprint density at radius 3 is 2.76 bits per heavy atom. The second kappa shape index (κ2) is 8.97. The molecule has 0 radical (unpaired) electrons. The fourth-order valence-corrected chi connectivity index (χ4v) is 3.86. The number of aromatic nitrogens is 5. The van der Waals surface area contributed by atoms with Crippen molar-refractivity contribution in [3.05, 3.63) is 101 Å². The third kappa shape index (κ3) is 4.41. The first kappa shape index (κ1) is 21.1. The molecule has 0 saturated carbocycles. The van der Waals surface area contributed by atoms with Crippen molar-refractivity contribution in [1.29, 1.82) is 0 Å². The van der Waals surface area contributed by atoms with E-state index in [0.29, 0.717) is 27.1 Å². The van der Waals surface area contributed by atoms with E-state index in [-0.39, 0.29) is 12.5 Å². The third-order valence-corrected chi connectivity index (χ3v) is 5.65. The van der Waals surface area contributed by atoms with Gasteiger partial charge in [0.05, 0.1) is 28.8 Å². The van der Waals surface area contributed by atoms with Crippen LogP contribution in [0.1, 0.15) is 16.1 Å². The Labute approximate surface area is 199 Å². The first-order chi connectivity index (χ1) is 16.1. The lowest BCUT2D eigenvalue weighted by atomic mass is 9.98. The molecule has 0 unspecified atom stereocenters. The van der Waals surface area contributed by atoms with Gasteiger partial charge in [0.15, 0.2) is 5.82 Å². The van der Waals surface area contributed by atoms with Gasteiger partial charge in [-0.2, -0.15) is 0 Å². The number of halogens is 2. The minimum atomic E-state index is -0.310. The maximum absolute atomic E-state index is 12.9. The van der Waals surface area contributed by atoms with Gasteiger partial charge < -0.3 is 5.32 Å². The van der Waals surface area contributed by atoms with Gasteiger partial charge in [-0.15, -0.1) is 5.10 Å². The summed E-state index contributed by atoms with van der Waals surface area (Å²) in [6.07, 6.45) is 5.02. The van der Waals surface area contributed by atoms with Crippen LogP contribution in [0.25, 0.3) is 27.8 Å². The number of carbonyl (C=O) groups is 1. The molecule has 0 aliphatic carbocycles. The van der Waals surface area contributed by atoms with E-state index in [2.05, 4.69) is 25.6 Å². The molecule has 1 amide bonds. The van der Waals surface area contributed by atoms with E-state index in [1.54, 1.807) is 42.9 Å². The second-order valence-electron chi connectivity index (χ2n) is 7.24. The van der Waals surface area contributed by atoms with E-state index in [0.717, 1.165) is 22.0 Å². The summed E-state index contributed by atoms with van der Waals surface area (Å²) in [6.45, 7) is 0.179. The van der Waals surface area contributed by atoms with Gasteiger partial charge in [-0.25, -0.2) is 9.67 Å². The van der Waals surface area contributed by atoms with Crippen LogP contribution in [0.15, 0.2) is 79.3 Å². The lowest BCUT2D eigenvalue weighted by molar-refractivity contribution is 0.0950. The summed E-state index contributed by atoms with van der Waals surface area (Å²) in [5.74, 6) is 0.226. The zero-order valence-corrected chi connectivity index (χ0v) is 18.6. The number of carbonyl (C=O) groups excluding carboxylic acids is 1. The Hall–Kier alpha value is -3.81. The molecule has 1 N–H and O–H groups in total. The number of amides is 1. The summed E-state index contributed by atoms with van der Waals surface area (Å²) in [6, 6.07) is 18.5. The molecule has 0 bridgehead atoms. The van der Waals surface area contributed by atoms with Crippen LogP contribution in [-0.2, 0) is 6.54 Å². The van der Waals surface area contributed by atoms with Crippen LogP contribution < -0.4 is 5.32 Å². The molecule has 0 spiro atoms. The zero-order chi connectivity index (χ0) is 22.8. The highest BCUT2D eigenvalue weighted by molar-refractivity contribution is 6.34. The molecule has 0 atom stereocenters. The highest BCUT2D eigenvalue weighted by atomic mass is 35.5. The van der Waals surface area contributed by atoms with Crippen LogP contribution in [0.4, 0.5) is 0 Å². The number of nitrogens with zero attached hydrogens (tertiary/aromatic N) is 5.